The lowest BCUT2D eigenvalue weighted by Crippen LogP contribution is -2.00. The summed E-state index contributed by atoms with van der Waals surface area (Å²) in [6.07, 6.45) is 6.59. The van der Waals surface area contributed by atoms with Gasteiger partial charge < -0.3 is 5.11 Å². The minimum absolute atomic E-state index is 0.250. The molecule has 1 aromatic rings. The predicted molar refractivity (Wildman–Crippen MR) is 62.6 cm³/mol. The van der Waals surface area contributed by atoms with E-state index in [9.17, 15) is 13.5 Å². The molecule has 1 atom stereocenters. The summed E-state index contributed by atoms with van der Waals surface area (Å²) in [6, 6.07) is 6.20. The largest absolute Gasteiger partial charge is 0.388 e. The molecule has 1 rings (SSSR count). The molecule has 0 saturated heterocycles. The number of terminal acetylenes is 1. The van der Waals surface area contributed by atoms with Gasteiger partial charge in [-0.3, -0.25) is 0 Å². The monoisotopic (exact) mass is 238 g/mol. The highest BCUT2D eigenvalue weighted by atomic mass is 32.2. The normalized spacial score (nSPS) is 13.1. The molecule has 3 nitrogen and oxygen atoms in total. The topological polar surface area (TPSA) is 54.4 Å². The standard InChI is InChI=1S/C12H14O3S/c1-3-4-5-12(13)10-6-8-11(9-7-10)16(2,14)15/h1,6-9,12-13H,4-5H2,2H3. The van der Waals surface area contributed by atoms with E-state index < -0.39 is 15.9 Å². The highest BCUT2D eigenvalue weighted by Gasteiger charge is 2.10. The molecule has 0 spiro atoms. The Morgan fingerprint density at radius 3 is 2.38 bits per heavy atom. The molecule has 0 fully saturated rings. The zero-order chi connectivity index (χ0) is 12.2. The number of sulfone groups is 1. The van der Waals surface area contributed by atoms with Crippen molar-refractivity contribution in [2.75, 3.05) is 6.26 Å². The van der Waals surface area contributed by atoms with Crippen LogP contribution in [0.15, 0.2) is 29.2 Å². The SMILES string of the molecule is C#CCCC(O)c1ccc(S(C)(=O)=O)cc1. The quantitative estimate of drug-likeness (QED) is 0.809. The third-order valence-corrected chi connectivity index (χ3v) is 3.38. The molecule has 0 amide bonds. The van der Waals surface area contributed by atoms with Gasteiger partial charge in [-0.05, 0) is 24.1 Å². The Morgan fingerprint density at radius 2 is 1.94 bits per heavy atom. The van der Waals surface area contributed by atoms with Gasteiger partial charge >= 0.3 is 0 Å². The summed E-state index contributed by atoms with van der Waals surface area (Å²) in [5, 5.41) is 9.70. The molecule has 0 aliphatic rings. The summed E-state index contributed by atoms with van der Waals surface area (Å²) in [4.78, 5) is 0.250. The van der Waals surface area contributed by atoms with Gasteiger partial charge in [0, 0.05) is 12.7 Å². The summed E-state index contributed by atoms with van der Waals surface area (Å²) in [5.74, 6) is 2.45. The summed E-state index contributed by atoms with van der Waals surface area (Å²) in [5.41, 5.74) is 0.683. The first-order valence-electron chi connectivity index (χ1n) is 4.86. The van der Waals surface area contributed by atoms with Crippen LogP contribution in [0.25, 0.3) is 0 Å². The fourth-order valence-corrected chi connectivity index (χ4v) is 1.95. The van der Waals surface area contributed by atoms with Gasteiger partial charge in [0.15, 0.2) is 9.84 Å². The number of aliphatic hydroxyl groups excluding tert-OH is 1. The summed E-state index contributed by atoms with van der Waals surface area (Å²) in [7, 11) is -3.18. The van der Waals surface area contributed by atoms with Crippen molar-refractivity contribution in [1.29, 1.82) is 0 Å². The van der Waals surface area contributed by atoms with Crippen LogP contribution >= 0.6 is 0 Å². The molecule has 0 aliphatic heterocycles. The summed E-state index contributed by atoms with van der Waals surface area (Å²) in [6.45, 7) is 0. The van der Waals surface area contributed by atoms with Gasteiger partial charge in [-0.15, -0.1) is 12.3 Å². The molecule has 0 saturated carbocycles. The Bertz CT molecular complexity index is 480. The van der Waals surface area contributed by atoms with Crippen LogP contribution in [0.4, 0.5) is 0 Å². The molecular formula is C12H14O3S. The van der Waals surface area contributed by atoms with Crippen molar-refractivity contribution in [3.8, 4) is 12.3 Å². The van der Waals surface area contributed by atoms with Crippen LogP contribution in [0.2, 0.25) is 0 Å². The maximum absolute atomic E-state index is 11.2. The Morgan fingerprint density at radius 1 is 1.38 bits per heavy atom. The Hall–Kier alpha value is -1.31. The highest BCUT2D eigenvalue weighted by Crippen LogP contribution is 2.19. The van der Waals surface area contributed by atoms with E-state index in [0.29, 0.717) is 18.4 Å². The molecule has 0 bridgehead atoms. The van der Waals surface area contributed by atoms with Crippen LogP contribution in [0.1, 0.15) is 24.5 Å². The number of hydrogen-bond donors (Lipinski definition) is 1. The molecule has 86 valence electrons. The zero-order valence-corrected chi connectivity index (χ0v) is 9.87. The third kappa shape index (κ3) is 3.37. The molecule has 0 aromatic heterocycles. The smallest absolute Gasteiger partial charge is 0.175 e. The lowest BCUT2D eigenvalue weighted by atomic mass is 10.1. The maximum Gasteiger partial charge on any atom is 0.175 e. The predicted octanol–water partition coefficient (Wildman–Crippen LogP) is 1.54. The minimum Gasteiger partial charge on any atom is -0.388 e. The average molecular weight is 238 g/mol. The van der Waals surface area contributed by atoms with E-state index in [1.54, 1.807) is 12.1 Å². The molecule has 0 heterocycles. The van der Waals surface area contributed by atoms with E-state index in [1.165, 1.54) is 12.1 Å². The summed E-state index contributed by atoms with van der Waals surface area (Å²) < 4.78 is 22.4. The van der Waals surface area contributed by atoms with Crippen molar-refractivity contribution >= 4 is 9.84 Å². The van der Waals surface area contributed by atoms with E-state index in [2.05, 4.69) is 5.92 Å². The van der Waals surface area contributed by atoms with Crippen molar-refractivity contribution in [1.82, 2.24) is 0 Å². The fraction of sp³-hybridized carbons (Fsp3) is 0.333. The first-order chi connectivity index (χ1) is 7.45. The van der Waals surface area contributed by atoms with E-state index in [4.69, 9.17) is 6.42 Å². The number of aliphatic hydroxyl groups is 1. The molecule has 16 heavy (non-hydrogen) atoms. The highest BCUT2D eigenvalue weighted by molar-refractivity contribution is 7.90. The van der Waals surface area contributed by atoms with E-state index in [1.807, 2.05) is 0 Å². The molecule has 1 aromatic carbocycles. The summed E-state index contributed by atoms with van der Waals surface area (Å²) >= 11 is 0. The van der Waals surface area contributed by atoms with Crippen molar-refractivity contribution in [2.45, 2.75) is 23.8 Å². The fourth-order valence-electron chi connectivity index (χ4n) is 1.32. The van der Waals surface area contributed by atoms with Crippen LogP contribution in [-0.2, 0) is 9.84 Å². The molecule has 1 unspecified atom stereocenters. The van der Waals surface area contributed by atoms with Crippen LogP contribution < -0.4 is 0 Å². The molecule has 0 radical (unpaired) electrons. The van der Waals surface area contributed by atoms with Crippen molar-refractivity contribution in [2.24, 2.45) is 0 Å². The molecule has 0 aliphatic carbocycles. The van der Waals surface area contributed by atoms with Crippen LogP contribution in [-0.4, -0.2) is 19.8 Å². The Balaban J connectivity index is 2.84. The van der Waals surface area contributed by atoms with Gasteiger partial charge in [0.1, 0.15) is 0 Å². The maximum atomic E-state index is 11.2. The van der Waals surface area contributed by atoms with Gasteiger partial charge in [-0.1, -0.05) is 12.1 Å². The van der Waals surface area contributed by atoms with E-state index in [0.717, 1.165) is 6.26 Å². The van der Waals surface area contributed by atoms with E-state index in [-0.39, 0.29) is 4.90 Å². The molecule has 4 heteroatoms. The van der Waals surface area contributed by atoms with Crippen molar-refractivity contribution < 1.29 is 13.5 Å². The zero-order valence-electron chi connectivity index (χ0n) is 9.05. The first kappa shape index (κ1) is 12.8. The second kappa shape index (κ2) is 5.15. The number of rotatable bonds is 4. The van der Waals surface area contributed by atoms with Gasteiger partial charge in [0.2, 0.25) is 0 Å². The van der Waals surface area contributed by atoms with Crippen molar-refractivity contribution in [3.05, 3.63) is 29.8 Å². The lowest BCUT2D eigenvalue weighted by Gasteiger charge is -2.09. The lowest BCUT2D eigenvalue weighted by molar-refractivity contribution is 0.169. The molecule has 1 N–H and O–H groups in total. The van der Waals surface area contributed by atoms with Gasteiger partial charge in [-0.25, -0.2) is 8.42 Å². The van der Waals surface area contributed by atoms with Crippen molar-refractivity contribution in [3.63, 3.8) is 0 Å². The van der Waals surface area contributed by atoms with Crippen LogP contribution in [0.3, 0.4) is 0 Å². The van der Waals surface area contributed by atoms with Gasteiger partial charge in [0.05, 0.1) is 11.0 Å². The van der Waals surface area contributed by atoms with Crippen LogP contribution in [0, 0.1) is 12.3 Å². The third-order valence-electron chi connectivity index (χ3n) is 2.26. The van der Waals surface area contributed by atoms with Crippen LogP contribution in [0.5, 0.6) is 0 Å². The Labute approximate surface area is 96.0 Å². The Kier molecular flexibility index (Phi) is 4.11. The minimum atomic E-state index is -3.18. The van der Waals surface area contributed by atoms with Gasteiger partial charge in [0.25, 0.3) is 0 Å². The second-order valence-corrected chi connectivity index (χ2v) is 5.62. The second-order valence-electron chi connectivity index (χ2n) is 3.60. The number of benzene rings is 1. The van der Waals surface area contributed by atoms with Gasteiger partial charge in [-0.2, -0.15) is 0 Å². The van der Waals surface area contributed by atoms with E-state index >= 15 is 0 Å². The number of hydrogen-bond acceptors (Lipinski definition) is 3. The first-order valence-corrected chi connectivity index (χ1v) is 6.76. The average Bonchev–Trinajstić information content (AvgIpc) is 2.25. The molecular weight excluding hydrogens is 224 g/mol.